The largest absolute Gasteiger partial charge is 0.214 e. The first-order chi connectivity index (χ1) is 6.87. The van der Waals surface area contributed by atoms with Crippen molar-refractivity contribution < 1.29 is 8.42 Å². The van der Waals surface area contributed by atoms with E-state index < -0.39 is 15.4 Å². The number of nitrogens with one attached hydrogen (secondary N) is 1. The predicted molar refractivity (Wildman–Crippen MR) is 58.6 cm³/mol. The van der Waals surface area contributed by atoms with Gasteiger partial charge >= 0.3 is 0 Å². The van der Waals surface area contributed by atoms with Gasteiger partial charge in [-0.15, -0.1) is 0 Å². The van der Waals surface area contributed by atoms with E-state index in [0.717, 1.165) is 25.7 Å². The average molecular weight is 230 g/mol. The fourth-order valence-electron chi connectivity index (χ4n) is 1.64. The molecular weight excluding hydrogens is 212 g/mol. The van der Waals surface area contributed by atoms with Crippen LogP contribution in [0.3, 0.4) is 0 Å². The summed E-state index contributed by atoms with van der Waals surface area (Å²) in [5.41, 5.74) is -0.633. The van der Waals surface area contributed by atoms with Crippen molar-refractivity contribution in [1.29, 1.82) is 5.26 Å². The number of hydrogen-bond acceptors (Lipinski definition) is 3. The van der Waals surface area contributed by atoms with Gasteiger partial charge in [-0.05, 0) is 26.7 Å². The minimum absolute atomic E-state index is 0.197. The zero-order valence-electron chi connectivity index (χ0n) is 9.28. The number of hydrogen-bond donors (Lipinski definition) is 1. The third-order valence-corrected chi connectivity index (χ3v) is 4.65. The van der Waals surface area contributed by atoms with E-state index in [4.69, 9.17) is 5.26 Å². The molecule has 0 amide bonds. The van der Waals surface area contributed by atoms with Crippen LogP contribution in [0.1, 0.15) is 39.5 Å². The Kier molecular flexibility index (Phi) is 3.74. The van der Waals surface area contributed by atoms with E-state index in [2.05, 4.69) is 10.8 Å². The van der Waals surface area contributed by atoms with Crippen LogP contribution in [0.15, 0.2) is 0 Å². The van der Waals surface area contributed by atoms with Gasteiger partial charge in [-0.2, -0.15) is 5.26 Å². The first kappa shape index (κ1) is 12.5. The van der Waals surface area contributed by atoms with Gasteiger partial charge in [-0.3, -0.25) is 0 Å². The van der Waals surface area contributed by atoms with Crippen LogP contribution in [0.5, 0.6) is 0 Å². The minimum atomic E-state index is -3.20. The molecule has 4 nitrogen and oxygen atoms in total. The van der Waals surface area contributed by atoms with Crippen LogP contribution < -0.4 is 4.72 Å². The summed E-state index contributed by atoms with van der Waals surface area (Å²) in [7, 11) is -3.20. The smallest absolute Gasteiger partial charge is 0.213 e. The van der Waals surface area contributed by atoms with Crippen LogP contribution in [-0.2, 0) is 10.0 Å². The standard InChI is InChI=1S/C10H18N2O2S/c1-10(2,7-11)8-12-15(13,14)9-5-3-4-6-9/h9,12H,3-6,8H2,1-2H3. The molecular formula is C10H18N2O2S. The highest BCUT2D eigenvalue weighted by molar-refractivity contribution is 7.90. The van der Waals surface area contributed by atoms with Crippen LogP contribution in [0, 0.1) is 16.7 Å². The van der Waals surface area contributed by atoms with Crippen LogP contribution in [-0.4, -0.2) is 20.2 Å². The molecule has 1 N–H and O–H groups in total. The molecule has 1 aliphatic rings. The van der Waals surface area contributed by atoms with Crippen molar-refractivity contribution in [3.63, 3.8) is 0 Å². The summed E-state index contributed by atoms with van der Waals surface area (Å²) in [5, 5.41) is 8.53. The van der Waals surface area contributed by atoms with E-state index in [1.807, 2.05) is 0 Å². The second-order valence-corrected chi connectivity index (χ2v) is 6.81. The van der Waals surface area contributed by atoms with Crippen LogP contribution >= 0.6 is 0 Å². The monoisotopic (exact) mass is 230 g/mol. The summed E-state index contributed by atoms with van der Waals surface area (Å²) in [6.45, 7) is 3.65. The Morgan fingerprint density at radius 3 is 2.40 bits per heavy atom. The average Bonchev–Trinajstić information content (AvgIpc) is 2.69. The SMILES string of the molecule is CC(C)(C#N)CNS(=O)(=O)C1CCCC1. The summed E-state index contributed by atoms with van der Waals surface area (Å²) in [6, 6.07) is 2.08. The Morgan fingerprint density at radius 2 is 1.93 bits per heavy atom. The number of nitrogens with zero attached hydrogens (tertiary/aromatic N) is 1. The van der Waals surface area contributed by atoms with Crippen molar-refractivity contribution in [2.45, 2.75) is 44.8 Å². The van der Waals surface area contributed by atoms with Crippen LogP contribution in [0.4, 0.5) is 0 Å². The maximum Gasteiger partial charge on any atom is 0.214 e. The van der Waals surface area contributed by atoms with E-state index in [-0.39, 0.29) is 11.8 Å². The maximum absolute atomic E-state index is 11.8. The Morgan fingerprint density at radius 1 is 1.40 bits per heavy atom. The maximum atomic E-state index is 11.8. The predicted octanol–water partition coefficient (Wildman–Crippen LogP) is 1.40. The van der Waals surface area contributed by atoms with Gasteiger partial charge in [0.1, 0.15) is 0 Å². The molecule has 1 rings (SSSR count). The van der Waals surface area contributed by atoms with E-state index >= 15 is 0 Å². The van der Waals surface area contributed by atoms with Crippen molar-refractivity contribution in [3.8, 4) is 6.07 Å². The van der Waals surface area contributed by atoms with Gasteiger partial charge < -0.3 is 0 Å². The third-order valence-electron chi connectivity index (χ3n) is 2.76. The summed E-state index contributed by atoms with van der Waals surface area (Å²) in [6.07, 6.45) is 3.49. The van der Waals surface area contributed by atoms with Gasteiger partial charge in [0.05, 0.1) is 16.7 Å². The Bertz CT molecular complexity index is 348. The second-order valence-electron chi connectivity index (χ2n) is 4.77. The van der Waals surface area contributed by atoms with E-state index in [9.17, 15) is 8.42 Å². The molecule has 1 fully saturated rings. The van der Waals surface area contributed by atoms with Crippen molar-refractivity contribution in [1.82, 2.24) is 4.72 Å². The number of nitriles is 1. The number of sulfonamides is 1. The summed E-state index contributed by atoms with van der Waals surface area (Å²) >= 11 is 0. The Labute approximate surface area is 91.7 Å². The van der Waals surface area contributed by atoms with Gasteiger partial charge in [0.25, 0.3) is 0 Å². The molecule has 5 heteroatoms. The van der Waals surface area contributed by atoms with Crippen molar-refractivity contribution in [2.24, 2.45) is 5.41 Å². The topological polar surface area (TPSA) is 70.0 Å². The summed E-state index contributed by atoms with van der Waals surface area (Å²) in [4.78, 5) is 0. The Balaban J connectivity index is 2.54. The molecule has 86 valence electrons. The third kappa shape index (κ3) is 3.47. The molecule has 0 aliphatic heterocycles. The first-order valence-corrected chi connectivity index (χ1v) is 6.82. The molecule has 0 aromatic rings. The lowest BCUT2D eigenvalue weighted by molar-refractivity contribution is 0.475. The Hall–Kier alpha value is -0.600. The van der Waals surface area contributed by atoms with Crippen molar-refractivity contribution in [2.75, 3.05) is 6.54 Å². The molecule has 0 spiro atoms. The first-order valence-electron chi connectivity index (χ1n) is 5.27. The zero-order valence-corrected chi connectivity index (χ0v) is 10.1. The fourth-order valence-corrected chi connectivity index (χ4v) is 3.39. The second kappa shape index (κ2) is 4.50. The van der Waals surface area contributed by atoms with E-state index in [0.29, 0.717) is 0 Å². The van der Waals surface area contributed by atoms with Crippen molar-refractivity contribution >= 4 is 10.0 Å². The molecule has 0 saturated heterocycles. The molecule has 0 radical (unpaired) electrons. The summed E-state index contributed by atoms with van der Waals surface area (Å²) in [5.74, 6) is 0. The molecule has 0 aromatic carbocycles. The van der Waals surface area contributed by atoms with Crippen LogP contribution in [0.25, 0.3) is 0 Å². The molecule has 0 heterocycles. The molecule has 0 aromatic heterocycles. The van der Waals surface area contributed by atoms with Gasteiger partial charge in [-0.1, -0.05) is 12.8 Å². The molecule has 0 bridgehead atoms. The van der Waals surface area contributed by atoms with Gasteiger partial charge in [0.15, 0.2) is 0 Å². The highest BCUT2D eigenvalue weighted by atomic mass is 32.2. The zero-order chi connectivity index (χ0) is 11.5. The molecule has 15 heavy (non-hydrogen) atoms. The number of rotatable bonds is 4. The quantitative estimate of drug-likeness (QED) is 0.793. The van der Waals surface area contributed by atoms with Gasteiger partial charge in [-0.25, -0.2) is 13.1 Å². The summed E-state index contributed by atoms with van der Waals surface area (Å²) < 4.78 is 26.1. The lowest BCUT2D eigenvalue weighted by Crippen LogP contribution is -2.38. The minimum Gasteiger partial charge on any atom is -0.213 e. The van der Waals surface area contributed by atoms with Gasteiger partial charge in [0, 0.05) is 6.54 Å². The molecule has 0 unspecified atom stereocenters. The van der Waals surface area contributed by atoms with E-state index in [1.54, 1.807) is 13.8 Å². The normalized spacial score (nSPS) is 19.0. The lowest BCUT2D eigenvalue weighted by Gasteiger charge is -2.18. The highest BCUT2D eigenvalue weighted by Crippen LogP contribution is 2.24. The molecule has 0 atom stereocenters. The fraction of sp³-hybridized carbons (Fsp3) is 0.900. The van der Waals surface area contributed by atoms with E-state index in [1.165, 1.54) is 0 Å². The highest BCUT2D eigenvalue weighted by Gasteiger charge is 2.30. The lowest BCUT2D eigenvalue weighted by atomic mass is 9.97. The molecule has 1 aliphatic carbocycles. The van der Waals surface area contributed by atoms with Gasteiger partial charge in [0.2, 0.25) is 10.0 Å². The van der Waals surface area contributed by atoms with Crippen molar-refractivity contribution in [3.05, 3.63) is 0 Å². The van der Waals surface area contributed by atoms with Crippen LogP contribution in [0.2, 0.25) is 0 Å². The molecule has 1 saturated carbocycles.